The average molecular weight is 375 g/mol. The van der Waals surface area contributed by atoms with E-state index in [0.717, 1.165) is 0 Å². The number of hydrogen-bond donors (Lipinski definition) is 0. The molecule has 0 spiro atoms. The second-order valence-electron chi connectivity index (χ2n) is 5.55. The van der Waals surface area contributed by atoms with E-state index >= 15 is 4.39 Å². The summed E-state index contributed by atoms with van der Waals surface area (Å²) in [5, 5.41) is 0.506. The third-order valence-corrected chi connectivity index (χ3v) is 4.13. The van der Waals surface area contributed by atoms with Crippen LogP contribution in [-0.2, 0) is 11.3 Å². The predicted molar refractivity (Wildman–Crippen MR) is 96.1 cm³/mol. The Balaban J connectivity index is 2.00. The molecule has 0 aliphatic rings. The number of nitrogens with zero attached hydrogens (tertiary/aromatic N) is 2. The highest BCUT2D eigenvalue weighted by Crippen LogP contribution is 2.35. The summed E-state index contributed by atoms with van der Waals surface area (Å²) >= 11 is 6.04. The number of rotatable bonds is 5. The van der Waals surface area contributed by atoms with Crippen molar-refractivity contribution in [3.63, 3.8) is 0 Å². The molecule has 0 saturated heterocycles. The summed E-state index contributed by atoms with van der Waals surface area (Å²) < 4.78 is 26.8. The monoisotopic (exact) mass is 374 g/mol. The first kappa shape index (κ1) is 17.9. The maximum Gasteiger partial charge on any atom is 0.358 e. The van der Waals surface area contributed by atoms with Crippen molar-refractivity contribution in [3.8, 4) is 16.9 Å². The lowest BCUT2D eigenvalue weighted by atomic mass is 10.0. The Kier molecular flexibility index (Phi) is 5.23. The maximum atomic E-state index is 15.2. The fourth-order valence-corrected chi connectivity index (χ4v) is 2.85. The lowest BCUT2D eigenvalue weighted by Gasteiger charge is -2.14. The van der Waals surface area contributed by atoms with Gasteiger partial charge in [-0.15, -0.1) is 0 Å². The maximum absolute atomic E-state index is 15.2. The zero-order valence-corrected chi connectivity index (χ0v) is 15.0. The number of halogens is 2. The average Bonchev–Trinajstić information content (AvgIpc) is 3.11. The Morgan fingerprint density at radius 1 is 1.27 bits per heavy atom. The Morgan fingerprint density at radius 3 is 2.77 bits per heavy atom. The largest absolute Gasteiger partial charge is 0.496 e. The minimum atomic E-state index is -0.543. The molecule has 0 saturated carbocycles. The highest BCUT2D eigenvalue weighted by Gasteiger charge is 2.17. The number of imidazole rings is 1. The number of carbonyl (C=O) groups is 1. The van der Waals surface area contributed by atoms with Crippen LogP contribution in [0.25, 0.3) is 11.1 Å². The van der Waals surface area contributed by atoms with Gasteiger partial charge in [0.25, 0.3) is 0 Å². The zero-order chi connectivity index (χ0) is 18.7. The van der Waals surface area contributed by atoms with Gasteiger partial charge < -0.3 is 14.0 Å². The van der Waals surface area contributed by atoms with Crippen LogP contribution < -0.4 is 4.74 Å². The van der Waals surface area contributed by atoms with Gasteiger partial charge >= 0.3 is 5.97 Å². The third kappa shape index (κ3) is 3.55. The molecule has 7 heteroatoms. The van der Waals surface area contributed by atoms with Crippen molar-refractivity contribution in [2.75, 3.05) is 14.2 Å². The molecule has 26 heavy (non-hydrogen) atoms. The van der Waals surface area contributed by atoms with Crippen LogP contribution in [0.4, 0.5) is 4.39 Å². The summed E-state index contributed by atoms with van der Waals surface area (Å²) in [7, 11) is 2.77. The zero-order valence-electron chi connectivity index (χ0n) is 14.2. The van der Waals surface area contributed by atoms with E-state index in [9.17, 15) is 4.79 Å². The van der Waals surface area contributed by atoms with E-state index in [1.54, 1.807) is 41.0 Å². The fourth-order valence-electron chi connectivity index (χ4n) is 2.66. The number of hydrogen-bond acceptors (Lipinski definition) is 4. The number of ether oxygens (including phenoxy) is 2. The minimum absolute atomic E-state index is 0.163. The number of aromatic nitrogens is 2. The van der Waals surface area contributed by atoms with Gasteiger partial charge in [0.1, 0.15) is 11.6 Å². The van der Waals surface area contributed by atoms with Crippen LogP contribution in [0.15, 0.2) is 48.9 Å². The van der Waals surface area contributed by atoms with Crippen LogP contribution in [0.5, 0.6) is 5.75 Å². The molecule has 0 aliphatic heterocycles. The van der Waals surface area contributed by atoms with Crippen LogP contribution in [0.2, 0.25) is 5.02 Å². The number of esters is 1. The predicted octanol–water partition coefficient (Wildman–Crippen LogP) is 4.19. The van der Waals surface area contributed by atoms with Crippen molar-refractivity contribution < 1.29 is 18.7 Å². The highest BCUT2D eigenvalue weighted by atomic mass is 35.5. The van der Waals surface area contributed by atoms with Crippen molar-refractivity contribution in [2.45, 2.75) is 6.54 Å². The molecule has 2 aromatic carbocycles. The van der Waals surface area contributed by atoms with Gasteiger partial charge in [-0.25, -0.2) is 14.2 Å². The second kappa shape index (κ2) is 7.58. The third-order valence-electron chi connectivity index (χ3n) is 3.90. The molecule has 1 heterocycles. The van der Waals surface area contributed by atoms with E-state index in [1.807, 2.05) is 0 Å². The molecule has 0 atom stereocenters. The van der Waals surface area contributed by atoms with E-state index in [1.165, 1.54) is 26.7 Å². The van der Waals surface area contributed by atoms with Gasteiger partial charge in [-0.05, 0) is 23.8 Å². The van der Waals surface area contributed by atoms with E-state index in [2.05, 4.69) is 9.72 Å². The first-order chi connectivity index (χ1) is 12.5. The van der Waals surface area contributed by atoms with Crippen LogP contribution in [0.3, 0.4) is 0 Å². The topological polar surface area (TPSA) is 53.4 Å². The molecule has 5 nitrogen and oxygen atoms in total. The van der Waals surface area contributed by atoms with Crippen LogP contribution in [0.1, 0.15) is 16.1 Å². The molecule has 1 aromatic heterocycles. The summed E-state index contributed by atoms with van der Waals surface area (Å²) in [6.45, 7) is 0.202. The van der Waals surface area contributed by atoms with E-state index in [4.69, 9.17) is 16.3 Å². The van der Waals surface area contributed by atoms with Crippen LogP contribution in [0, 0.1) is 5.82 Å². The van der Waals surface area contributed by atoms with E-state index in [-0.39, 0.29) is 12.2 Å². The summed E-state index contributed by atoms with van der Waals surface area (Å²) in [6.07, 6.45) is 2.96. The molecule has 3 rings (SSSR count). The molecule has 0 amide bonds. The first-order valence-corrected chi connectivity index (χ1v) is 8.12. The first-order valence-electron chi connectivity index (χ1n) is 7.75. The van der Waals surface area contributed by atoms with E-state index in [0.29, 0.717) is 27.5 Å². The molecule has 3 aromatic rings. The molecule has 0 fully saturated rings. The van der Waals surface area contributed by atoms with Crippen molar-refractivity contribution in [1.29, 1.82) is 0 Å². The van der Waals surface area contributed by atoms with Gasteiger partial charge in [0.2, 0.25) is 0 Å². The molecule has 134 valence electrons. The molecule has 0 unspecified atom stereocenters. The number of methoxy groups -OCH3 is 2. The van der Waals surface area contributed by atoms with Gasteiger partial charge in [-0.1, -0.05) is 29.8 Å². The molecular formula is C19H16ClFN2O3. The van der Waals surface area contributed by atoms with Gasteiger partial charge in [0, 0.05) is 16.8 Å². The van der Waals surface area contributed by atoms with Gasteiger partial charge in [-0.3, -0.25) is 0 Å². The van der Waals surface area contributed by atoms with Crippen LogP contribution >= 0.6 is 11.6 Å². The van der Waals surface area contributed by atoms with Crippen molar-refractivity contribution in [3.05, 3.63) is 71.0 Å². The molecule has 0 radical (unpaired) electrons. The van der Waals surface area contributed by atoms with Crippen molar-refractivity contribution in [2.24, 2.45) is 0 Å². The molecular weight excluding hydrogens is 359 g/mol. The smallest absolute Gasteiger partial charge is 0.358 e. The Morgan fingerprint density at radius 2 is 2.08 bits per heavy atom. The Hall–Kier alpha value is -2.86. The summed E-state index contributed by atoms with van der Waals surface area (Å²) in [5.74, 6) is -0.548. The van der Waals surface area contributed by atoms with Gasteiger partial charge in [0.05, 0.1) is 32.7 Å². The van der Waals surface area contributed by atoms with Crippen LogP contribution in [-0.4, -0.2) is 29.7 Å². The standard InChI is InChI=1S/C19H16ClFN2O3/c1-25-16-7-6-13(9-23-10-15(22-11-23)19(24)26-2)18(21)17(16)12-4-3-5-14(20)8-12/h3-8,10-11H,9H2,1-2H3. The molecule has 0 N–H and O–H groups in total. The lowest BCUT2D eigenvalue weighted by molar-refractivity contribution is 0.0594. The second-order valence-corrected chi connectivity index (χ2v) is 5.99. The normalized spacial score (nSPS) is 10.6. The van der Waals surface area contributed by atoms with E-state index < -0.39 is 11.8 Å². The number of carbonyl (C=O) groups excluding carboxylic acids is 1. The minimum Gasteiger partial charge on any atom is -0.496 e. The summed E-state index contributed by atoms with van der Waals surface area (Å²) in [4.78, 5) is 15.5. The Labute approximate surface area is 155 Å². The van der Waals surface area contributed by atoms with Gasteiger partial charge in [-0.2, -0.15) is 0 Å². The van der Waals surface area contributed by atoms with Crippen molar-refractivity contribution in [1.82, 2.24) is 9.55 Å². The summed E-state index contributed by atoms with van der Waals surface area (Å²) in [6, 6.07) is 10.3. The fraction of sp³-hybridized carbons (Fsp3) is 0.158. The van der Waals surface area contributed by atoms with Gasteiger partial charge in [0.15, 0.2) is 5.69 Å². The lowest BCUT2D eigenvalue weighted by Crippen LogP contribution is -2.04. The highest BCUT2D eigenvalue weighted by molar-refractivity contribution is 6.30. The molecule has 0 aliphatic carbocycles. The SMILES string of the molecule is COC(=O)c1cn(Cc2ccc(OC)c(-c3cccc(Cl)c3)c2F)cn1. The summed E-state index contributed by atoms with van der Waals surface area (Å²) in [5.41, 5.74) is 1.54. The molecule has 0 bridgehead atoms. The Bertz CT molecular complexity index is 956. The van der Waals surface area contributed by atoms with Crippen molar-refractivity contribution >= 4 is 17.6 Å². The quantitative estimate of drug-likeness (QED) is 0.628. The number of benzene rings is 2.